The van der Waals surface area contributed by atoms with E-state index in [0.717, 1.165) is 11.3 Å². The molecule has 2 aromatic carbocycles. The first kappa shape index (κ1) is 11.4. The Morgan fingerprint density at radius 1 is 0.882 bits per heavy atom. The maximum Gasteiger partial charge on any atom is 0.106 e. The Bertz CT molecular complexity index is 500. The van der Waals surface area contributed by atoms with Gasteiger partial charge in [0, 0.05) is 0 Å². The van der Waals surface area contributed by atoms with Gasteiger partial charge in [-0.05, 0) is 23.6 Å². The fourth-order valence-corrected chi connectivity index (χ4v) is 1.72. The van der Waals surface area contributed by atoms with Crippen LogP contribution in [-0.2, 0) is 4.84 Å². The molecule has 0 amide bonds. The van der Waals surface area contributed by atoms with E-state index in [1.807, 2.05) is 25.1 Å². The minimum absolute atomic E-state index is 0.882. The highest BCUT2D eigenvalue weighted by Crippen LogP contribution is 2.19. The van der Waals surface area contributed by atoms with Crippen LogP contribution in [0.4, 0.5) is 0 Å². The van der Waals surface area contributed by atoms with E-state index < -0.39 is 0 Å². The fraction of sp³-hybridized carbons (Fsp3) is 0.133. The van der Waals surface area contributed by atoms with E-state index >= 15 is 0 Å². The number of hydrogen-bond acceptors (Lipinski definition) is 2. The van der Waals surface area contributed by atoms with Gasteiger partial charge in [-0.25, -0.2) is 0 Å². The smallest absolute Gasteiger partial charge is 0.106 e. The summed E-state index contributed by atoms with van der Waals surface area (Å²) in [5, 5.41) is 3.91. The fourth-order valence-electron chi connectivity index (χ4n) is 1.72. The molecule has 2 heteroatoms. The number of hydrogen-bond donors (Lipinski definition) is 0. The predicted molar refractivity (Wildman–Crippen MR) is 71.1 cm³/mol. The summed E-state index contributed by atoms with van der Waals surface area (Å²) in [5.74, 6) is 0. The lowest BCUT2D eigenvalue weighted by atomic mass is 10.0. The molecule has 0 bridgehead atoms. The van der Waals surface area contributed by atoms with Gasteiger partial charge in [-0.15, -0.1) is 0 Å². The van der Waals surface area contributed by atoms with Crippen molar-refractivity contribution in [1.82, 2.24) is 0 Å². The Labute approximate surface area is 102 Å². The van der Waals surface area contributed by atoms with Crippen LogP contribution < -0.4 is 0 Å². The summed E-state index contributed by atoms with van der Waals surface area (Å²) in [4.78, 5) is 4.76. The van der Waals surface area contributed by atoms with Crippen LogP contribution in [0.1, 0.15) is 12.5 Å². The summed E-state index contributed by atoms with van der Waals surface area (Å²) in [5.41, 5.74) is 4.39. The Hall–Kier alpha value is -2.09. The number of rotatable bonds is 3. The van der Waals surface area contributed by atoms with Crippen LogP contribution in [0.3, 0.4) is 0 Å². The summed E-state index contributed by atoms with van der Waals surface area (Å²) in [6, 6.07) is 18.6. The van der Waals surface area contributed by atoms with Crippen LogP contribution in [0.5, 0.6) is 0 Å². The van der Waals surface area contributed by atoms with Gasteiger partial charge in [0.05, 0.1) is 5.71 Å². The van der Waals surface area contributed by atoms with Gasteiger partial charge in [0.15, 0.2) is 0 Å². The average Bonchev–Trinajstić information content (AvgIpc) is 2.40. The molecule has 0 radical (unpaired) electrons. The van der Waals surface area contributed by atoms with E-state index in [2.05, 4.69) is 41.6 Å². The van der Waals surface area contributed by atoms with E-state index in [4.69, 9.17) is 4.84 Å². The van der Waals surface area contributed by atoms with Crippen molar-refractivity contribution >= 4 is 5.71 Å². The van der Waals surface area contributed by atoms with Gasteiger partial charge in [-0.2, -0.15) is 0 Å². The maximum absolute atomic E-state index is 4.76. The molecular weight excluding hydrogens is 210 g/mol. The quantitative estimate of drug-likeness (QED) is 0.576. The SMILES string of the molecule is CO/N=C(\C)c1ccc(-c2ccccc2)cc1. The number of benzene rings is 2. The molecule has 0 atom stereocenters. The van der Waals surface area contributed by atoms with E-state index in [9.17, 15) is 0 Å². The van der Waals surface area contributed by atoms with Crippen LogP contribution in [-0.4, -0.2) is 12.8 Å². The Kier molecular flexibility index (Phi) is 3.55. The third-order valence-corrected chi connectivity index (χ3v) is 2.64. The number of nitrogens with zero attached hydrogens (tertiary/aromatic N) is 1. The Morgan fingerprint density at radius 2 is 1.47 bits per heavy atom. The van der Waals surface area contributed by atoms with Crippen molar-refractivity contribution in [2.75, 3.05) is 7.11 Å². The monoisotopic (exact) mass is 225 g/mol. The summed E-state index contributed by atoms with van der Waals surface area (Å²) in [6.07, 6.45) is 0. The molecule has 0 N–H and O–H groups in total. The summed E-state index contributed by atoms with van der Waals surface area (Å²) in [7, 11) is 1.56. The lowest BCUT2D eigenvalue weighted by molar-refractivity contribution is 0.213. The molecule has 0 fully saturated rings. The molecule has 17 heavy (non-hydrogen) atoms. The second kappa shape index (κ2) is 5.30. The van der Waals surface area contributed by atoms with E-state index in [1.54, 1.807) is 7.11 Å². The second-order valence-electron chi connectivity index (χ2n) is 3.80. The molecule has 86 valence electrons. The third kappa shape index (κ3) is 2.72. The molecule has 0 saturated heterocycles. The molecule has 2 rings (SSSR count). The van der Waals surface area contributed by atoms with E-state index in [1.165, 1.54) is 11.1 Å². The molecule has 0 aliphatic rings. The molecule has 0 unspecified atom stereocenters. The molecule has 0 spiro atoms. The topological polar surface area (TPSA) is 21.6 Å². The van der Waals surface area contributed by atoms with Gasteiger partial charge in [0.2, 0.25) is 0 Å². The first-order valence-electron chi connectivity index (χ1n) is 5.55. The van der Waals surface area contributed by atoms with Crippen molar-refractivity contribution in [1.29, 1.82) is 0 Å². The molecule has 0 aliphatic heterocycles. The normalized spacial score (nSPS) is 11.3. The summed E-state index contributed by atoms with van der Waals surface area (Å²) >= 11 is 0. The van der Waals surface area contributed by atoms with Crippen molar-refractivity contribution in [3.8, 4) is 11.1 Å². The zero-order valence-corrected chi connectivity index (χ0v) is 10.1. The Balaban J connectivity index is 2.28. The van der Waals surface area contributed by atoms with Gasteiger partial charge >= 0.3 is 0 Å². The standard InChI is InChI=1S/C15H15NO/c1-12(16-17-2)13-8-10-15(11-9-13)14-6-4-3-5-7-14/h3-11H,1-2H3/b16-12+. The van der Waals surface area contributed by atoms with E-state index in [-0.39, 0.29) is 0 Å². The van der Waals surface area contributed by atoms with Gasteiger partial charge in [-0.3, -0.25) is 0 Å². The molecule has 0 heterocycles. The van der Waals surface area contributed by atoms with Crippen LogP contribution in [0.2, 0.25) is 0 Å². The van der Waals surface area contributed by atoms with Crippen molar-refractivity contribution in [2.24, 2.45) is 5.16 Å². The molecular formula is C15H15NO. The maximum atomic E-state index is 4.76. The van der Waals surface area contributed by atoms with Crippen LogP contribution in [0.25, 0.3) is 11.1 Å². The van der Waals surface area contributed by atoms with Crippen molar-refractivity contribution < 1.29 is 4.84 Å². The minimum atomic E-state index is 0.882. The van der Waals surface area contributed by atoms with Crippen molar-refractivity contribution in [3.05, 3.63) is 60.2 Å². The predicted octanol–water partition coefficient (Wildman–Crippen LogP) is 3.72. The molecule has 0 aromatic heterocycles. The van der Waals surface area contributed by atoms with Crippen molar-refractivity contribution in [3.63, 3.8) is 0 Å². The van der Waals surface area contributed by atoms with Gasteiger partial charge < -0.3 is 4.84 Å². The number of oxime groups is 1. The van der Waals surface area contributed by atoms with Crippen molar-refractivity contribution in [2.45, 2.75) is 6.92 Å². The highest BCUT2D eigenvalue weighted by Gasteiger charge is 1.99. The highest BCUT2D eigenvalue weighted by molar-refractivity contribution is 5.98. The zero-order chi connectivity index (χ0) is 12.1. The molecule has 2 nitrogen and oxygen atoms in total. The zero-order valence-electron chi connectivity index (χ0n) is 10.1. The first-order chi connectivity index (χ1) is 8.31. The minimum Gasteiger partial charge on any atom is -0.399 e. The van der Waals surface area contributed by atoms with Crippen LogP contribution in [0, 0.1) is 0 Å². The van der Waals surface area contributed by atoms with Gasteiger partial charge in [0.1, 0.15) is 7.11 Å². The first-order valence-corrected chi connectivity index (χ1v) is 5.55. The molecule has 0 aliphatic carbocycles. The lowest BCUT2D eigenvalue weighted by Crippen LogP contribution is -1.94. The molecule has 2 aromatic rings. The average molecular weight is 225 g/mol. The highest BCUT2D eigenvalue weighted by atomic mass is 16.6. The second-order valence-corrected chi connectivity index (χ2v) is 3.80. The molecule has 0 saturated carbocycles. The summed E-state index contributed by atoms with van der Waals surface area (Å²) in [6.45, 7) is 1.93. The largest absolute Gasteiger partial charge is 0.399 e. The van der Waals surface area contributed by atoms with Crippen LogP contribution in [0.15, 0.2) is 59.8 Å². The lowest BCUT2D eigenvalue weighted by Gasteiger charge is -2.03. The van der Waals surface area contributed by atoms with Gasteiger partial charge in [-0.1, -0.05) is 59.8 Å². The summed E-state index contributed by atoms with van der Waals surface area (Å²) < 4.78 is 0. The van der Waals surface area contributed by atoms with Crippen LogP contribution >= 0.6 is 0 Å². The van der Waals surface area contributed by atoms with Gasteiger partial charge in [0.25, 0.3) is 0 Å². The Morgan fingerprint density at radius 3 is 2.06 bits per heavy atom. The third-order valence-electron chi connectivity index (χ3n) is 2.64. The van der Waals surface area contributed by atoms with E-state index in [0.29, 0.717) is 0 Å².